The Morgan fingerprint density at radius 3 is 2.95 bits per heavy atom. The molecule has 7 heteroatoms. The van der Waals surface area contributed by atoms with Crippen molar-refractivity contribution in [1.82, 2.24) is 24.8 Å². The first-order valence-corrected chi connectivity index (χ1v) is 7.44. The van der Waals surface area contributed by atoms with Gasteiger partial charge in [0.05, 0.1) is 5.01 Å². The predicted octanol–water partition coefficient (Wildman–Crippen LogP) is 2.24. The molecule has 3 aromatic rings. The lowest BCUT2D eigenvalue weighted by Crippen LogP contribution is -2.07. The highest BCUT2D eigenvalue weighted by molar-refractivity contribution is 7.09. The standard InChI is InChI=1S/C13H16N6S/c1-9-8-20-13(15-9)4-3-7-14-11-5-6-12-17-16-10(2)19(12)18-11/h5-6,8H,3-4,7H2,1-2H3,(H,14,18). The van der Waals surface area contributed by atoms with Crippen molar-refractivity contribution in [2.75, 3.05) is 11.9 Å². The number of nitrogens with one attached hydrogen (secondary N) is 1. The summed E-state index contributed by atoms with van der Waals surface area (Å²) in [5.74, 6) is 1.64. The molecule has 0 aliphatic carbocycles. The van der Waals surface area contributed by atoms with E-state index in [9.17, 15) is 0 Å². The second kappa shape index (κ2) is 5.54. The average Bonchev–Trinajstić information content (AvgIpc) is 3.02. The molecule has 0 aliphatic heterocycles. The maximum absolute atomic E-state index is 4.46. The highest BCUT2D eigenvalue weighted by Crippen LogP contribution is 2.11. The molecule has 3 aromatic heterocycles. The van der Waals surface area contributed by atoms with Gasteiger partial charge in [-0.1, -0.05) is 0 Å². The van der Waals surface area contributed by atoms with Crippen molar-refractivity contribution in [2.45, 2.75) is 26.7 Å². The Balaban J connectivity index is 1.55. The fourth-order valence-electron chi connectivity index (χ4n) is 1.96. The van der Waals surface area contributed by atoms with E-state index in [-0.39, 0.29) is 0 Å². The van der Waals surface area contributed by atoms with Crippen LogP contribution in [-0.4, -0.2) is 31.3 Å². The minimum Gasteiger partial charge on any atom is -0.369 e. The van der Waals surface area contributed by atoms with Crippen molar-refractivity contribution < 1.29 is 0 Å². The Bertz CT molecular complexity index is 717. The van der Waals surface area contributed by atoms with E-state index in [0.29, 0.717) is 0 Å². The number of aryl methyl sites for hydroxylation is 3. The van der Waals surface area contributed by atoms with Gasteiger partial charge in [0, 0.05) is 24.0 Å². The summed E-state index contributed by atoms with van der Waals surface area (Å²) in [5.41, 5.74) is 1.87. The molecule has 0 atom stereocenters. The molecular weight excluding hydrogens is 272 g/mol. The molecule has 0 aliphatic rings. The number of nitrogens with zero attached hydrogens (tertiary/aromatic N) is 5. The van der Waals surface area contributed by atoms with Gasteiger partial charge in [-0.05, 0) is 32.4 Å². The molecule has 0 radical (unpaired) electrons. The van der Waals surface area contributed by atoms with Crippen molar-refractivity contribution in [2.24, 2.45) is 0 Å². The van der Waals surface area contributed by atoms with Crippen LogP contribution < -0.4 is 5.32 Å². The van der Waals surface area contributed by atoms with E-state index in [4.69, 9.17) is 0 Å². The van der Waals surface area contributed by atoms with E-state index in [2.05, 4.69) is 31.0 Å². The van der Waals surface area contributed by atoms with E-state index in [1.165, 1.54) is 5.01 Å². The number of hydrogen-bond acceptors (Lipinski definition) is 6. The second-order valence-electron chi connectivity index (χ2n) is 4.65. The van der Waals surface area contributed by atoms with Gasteiger partial charge in [0.2, 0.25) is 0 Å². The van der Waals surface area contributed by atoms with Crippen molar-refractivity contribution >= 4 is 22.8 Å². The van der Waals surface area contributed by atoms with Gasteiger partial charge in [-0.15, -0.1) is 26.6 Å². The molecule has 0 amide bonds. The molecule has 20 heavy (non-hydrogen) atoms. The van der Waals surface area contributed by atoms with Crippen LogP contribution in [-0.2, 0) is 6.42 Å². The third kappa shape index (κ3) is 2.77. The predicted molar refractivity (Wildman–Crippen MR) is 79.2 cm³/mol. The Morgan fingerprint density at radius 1 is 1.25 bits per heavy atom. The molecule has 1 N–H and O–H groups in total. The number of hydrogen-bond donors (Lipinski definition) is 1. The van der Waals surface area contributed by atoms with E-state index in [1.807, 2.05) is 26.0 Å². The van der Waals surface area contributed by atoms with Crippen LogP contribution in [0.3, 0.4) is 0 Å². The molecule has 0 spiro atoms. The summed E-state index contributed by atoms with van der Waals surface area (Å²) in [4.78, 5) is 4.46. The zero-order valence-electron chi connectivity index (χ0n) is 11.5. The summed E-state index contributed by atoms with van der Waals surface area (Å²) >= 11 is 1.73. The summed E-state index contributed by atoms with van der Waals surface area (Å²) < 4.78 is 1.74. The van der Waals surface area contributed by atoms with Gasteiger partial charge < -0.3 is 5.32 Å². The maximum atomic E-state index is 4.46. The Labute approximate surface area is 120 Å². The Kier molecular flexibility index (Phi) is 3.60. The number of fused-ring (bicyclic) bond motifs is 1. The van der Waals surface area contributed by atoms with E-state index >= 15 is 0 Å². The fraction of sp³-hybridized carbons (Fsp3) is 0.385. The third-order valence-electron chi connectivity index (χ3n) is 2.96. The monoisotopic (exact) mass is 288 g/mol. The van der Waals surface area contributed by atoms with E-state index in [1.54, 1.807) is 15.9 Å². The average molecular weight is 288 g/mol. The fourth-order valence-corrected chi connectivity index (χ4v) is 2.78. The van der Waals surface area contributed by atoms with Crippen LogP contribution in [0.1, 0.15) is 22.9 Å². The maximum Gasteiger partial charge on any atom is 0.178 e. The third-order valence-corrected chi connectivity index (χ3v) is 3.99. The molecule has 0 aromatic carbocycles. The van der Waals surface area contributed by atoms with Crippen LogP contribution in [0.4, 0.5) is 5.82 Å². The quantitative estimate of drug-likeness (QED) is 0.729. The minimum absolute atomic E-state index is 0.770. The molecule has 0 fully saturated rings. The Hall–Kier alpha value is -2.02. The normalized spacial score (nSPS) is 11.1. The zero-order valence-corrected chi connectivity index (χ0v) is 12.3. The van der Waals surface area contributed by atoms with Crippen molar-refractivity contribution in [1.29, 1.82) is 0 Å². The smallest absolute Gasteiger partial charge is 0.178 e. The molecule has 104 valence electrons. The summed E-state index contributed by atoms with van der Waals surface area (Å²) in [6.07, 6.45) is 2.03. The molecule has 0 saturated carbocycles. The first-order chi connectivity index (χ1) is 9.72. The molecule has 0 bridgehead atoms. The van der Waals surface area contributed by atoms with Gasteiger partial charge in [0.1, 0.15) is 5.82 Å². The molecular formula is C13H16N6S. The molecule has 3 heterocycles. The zero-order chi connectivity index (χ0) is 13.9. The van der Waals surface area contributed by atoms with E-state index in [0.717, 1.165) is 42.4 Å². The van der Waals surface area contributed by atoms with Crippen molar-refractivity contribution in [3.8, 4) is 0 Å². The van der Waals surface area contributed by atoms with Crippen LogP contribution in [0.2, 0.25) is 0 Å². The second-order valence-corrected chi connectivity index (χ2v) is 5.59. The van der Waals surface area contributed by atoms with Crippen molar-refractivity contribution in [3.63, 3.8) is 0 Å². The lowest BCUT2D eigenvalue weighted by molar-refractivity contribution is 0.829. The van der Waals surface area contributed by atoms with Crippen LogP contribution in [0.5, 0.6) is 0 Å². The van der Waals surface area contributed by atoms with Gasteiger partial charge in [-0.3, -0.25) is 0 Å². The van der Waals surface area contributed by atoms with Gasteiger partial charge >= 0.3 is 0 Å². The minimum atomic E-state index is 0.770. The molecule has 6 nitrogen and oxygen atoms in total. The largest absolute Gasteiger partial charge is 0.369 e. The number of rotatable bonds is 5. The van der Waals surface area contributed by atoms with Crippen LogP contribution >= 0.6 is 11.3 Å². The highest BCUT2D eigenvalue weighted by atomic mass is 32.1. The van der Waals surface area contributed by atoms with Gasteiger partial charge in [-0.2, -0.15) is 4.52 Å². The molecule has 3 rings (SSSR count). The van der Waals surface area contributed by atoms with E-state index < -0.39 is 0 Å². The van der Waals surface area contributed by atoms with Gasteiger partial charge in [0.15, 0.2) is 11.5 Å². The van der Waals surface area contributed by atoms with Crippen LogP contribution in [0, 0.1) is 13.8 Å². The molecule has 0 unspecified atom stereocenters. The first-order valence-electron chi connectivity index (χ1n) is 6.56. The number of aromatic nitrogens is 5. The van der Waals surface area contributed by atoms with Gasteiger partial charge in [0.25, 0.3) is 0 Å². The Morgan fingerprint density at radius 2 is 2.15 bits per heavy atom. The van der Waals surface area contributed by atoms with Crippen molar-refractivity contribution in [3.05, 3.63) is 34.0 Å². The number of anilines is 1. The summed E-state index contributed by atoms with van der Waals surface area (Å²) in [6.45, 7) is 4.79. The topological polar surface area (TPSA) is 68.0 Å². The van der Waals surface area contributed by atoms with Crippen LogP contribution in [0.15, 0.2) is 17.5 Å². The lowest BCUT2D eigenvalue weighted by Gasteiger charge is -2.05. The van der Waals surface area contributed by atoms with Crippen LogP contribution in [0.25, 0.3) is 5.65 Å². The van der Waals surface area contributed by atoms with Gasteiger partial charge in [-0.25, -0.2) is 4.98 Å². The lowest BCUT2D eigenvalue weighted by atomic mass is 10.3. The first kappa shape index (κ1) is 13.0. The summed E-state index contributed by atoms with van der Waals surface area (Å²) in [5, 5.41) is 19.1. The summed E-state index contributed by atoms with van der Waals surface area (Å²) in [7, 11) is 0. The number of thiazole rings is 1. The summed E-state index contributed by atoms with van der Waals surface area (Å²) in [6, 6.07) is 3.84. The molecule has 0 saturated heterocycles. The highest BCUT2D eigenvalue weighted by Gasteiger charge is 2.03. The SMILES string of the molecule is Cc1csc(CCCNc2ccc3nnc(C)n3n2)n1.